The second-order valence-corrected chi connectivity index (χ2v) is 5.91. The van der Waals surface area contributed by atoms with Crippen molar-refractivity contribution in [3.8, 4) is 0 Å². The number of aromatic nitrogens is 2. The van der Waals surface area contributed by atoms with E-state index in [0.717, 1.165) is 16.5 Å². The van der Waals surface area contributed by atoms with E-state index in [1.807, 2.05) is 13.0 Å². The second-order valence-electron chi connectivity index (χ2n) is 4.84. The molecule has 108 valence electrons. The third kappa shape index (κ3) is 3.43. The van der Waals surface area contributed by atoms with Crippen molar-refractivity contribution in [2.45, 2.75) is 39.3 Å². The average Bonchev–Trinajstić information content (AvgIpc) is 3.05. The van der Waals surface area contributed by atoms with Crippen LogP contribution in [0.4, 0.5) is 0 Å². The van der Waals surface area contributed by atoms with E-state index in [4.69, 9.17) is 9.63 Å². The summed E-state index contributed by atoms with van der Waals surface area (Å²) in [7, 11) is 0. The Balaban J connectivity index is 1.93. The van der Waals surface area contributed by atoms with Crippen LogP contribution in [0.1, 0.15) is 58.9 Å². The summed E-state index contributed by atoms with van der Waals surface area (Å²) in [5.74, 6) is 0.148. The molecule has 0 bridgehead atoms. The smallest absolute Gasteiger partial charge is 0.347 e. The minimum absolute atomic E-state index is 0.0410. The molecule has 1 unspecified atom stereocenters. The fourth-order valence-corrected chi connectivity index (χ4v) is 2.40. The van der Waals surface area contributed by atoms with E-state index in [2.05, 4.69) is 29.3 Å². The van der Waals surface area contributed by atoms with Gasteiger partial charge in [-0.1, -0.05) is 19.0 Å². The highest BCUT2D eigenvalue weighted by molar-refractivity contribution is 7.13. The van der Waals surface area contributed by atoms with Crippen molar-refractivity contribution in [1.29, 1.82) is 0 Å². The summed E-state index contributed by atoms with van der Waals surface area (Å²) in [5.41, 5.74) is 0.928. The number of aromatic carboxylic acids is 1. The van der Waals surface area contributed by atoms with Crippen LogP contribution in [0.25, 0.3) is 0 Å². The van der Waals surface area contributed by atoms with Gasteiger partial charge in [0.05, 0.1) is 24.5 Å². The summed E-state index contributed by atoms with van der Waals surface area (Å²) in [5, 5.41) is 16.8. The molecule has 2 heterocycles. The highest BCUT2D eigenvalue weighted by Gasteiger charge is 2.15. The Kier molecular flexibility index (Phi) is 4.51. The Morgan fingerprint density at radius 3 is 2.80 bits per heavy atom. The number of hydrogen-bond acceptors (Lipinski definition) is 6. The third-order valence-electron chi connectivity index (χ3n) is 2.86. The Bertz CT molecular complexity index is 591. The Morgan fingerprint density at radius 2 is 2.25 bits per heavy atom. The summed E-state index contributed by atoms with van der Waals surface area (Å²) >= 11 is 1.17. The summed E-state index contributed by atoms with van der Waals surface area (Å²) in [6, 6.07) is 1.88. The van der Waals surface area contributed by atoms with E-state index in [1.165, 1.54) is 17.5 Å². The van der Waals surface area contributed by atoms with Crippen molar-refractivity contribution < 1.29 is 14.4 Å². The zero-order valence-corrected chi connectivity index (χ0v) is 12.4. The van der Waals surface area contributed by atoms with Gasteiger partial charge in [0.2, 0.25) is 0 Å². The van der Waals surface area contributed by atoms with Crippen molar-refractivity contribution in [2.24, 2.45) is 0 Å². The van der Waals surface area contributed by atoms with Crippen molar-refractivity contribution in [1.82, 2.24) is 15.5 Å². The van der Waals surface area contributed by atoms with Crippen LogP contribution in [0.2, 0.25) is 0 Å². The first-order valence-corrected chi connectivity index (χ1v) is 7.17. The molecule has 2 N–H and O–H groups in total. The normalized spacial score (nSPS) is 12.8. The summed E-state index contributed by atoms with van der Waals surface area (Å²) < 4.78 is 5.23. The predicted octanol–water partition coefficient (Wildman–Crippen LogP) is 2.80. The summed E-state index contributed by atoms with van der Waals surface area (Å²) in [6.07, 6.45) is 1.38. The quantitative estimate of drug-likeness (QED) is 0.852. The molecule has 20 heavy (non-hydrogen) atoms. The number of hydrogen-bond donors (Lipinski definition) is 2. The maximum absolute atomic E-state index is 10.8. The molecule has 1 atom stereocenters. The molecule has 0 aliphatic carbocycles. The summed E-state index contributed by atoms with van der Waals surface area (Å²) in [4.78, 5) is 15.2. The van der Waals surface area contributed by atoms with Gasteiger partial charge in [-0.25, -0.2) is 9.78 Å². The first kappa shape index (κ1) is 14.7. The fourth-order valence-electron chi connectivity index (χ4n) is 1.61. The van der Waals surface area contributed by atoms with Crippen molar-refractivity contribution in [2.75, 3.05) is 0 Å². The van der Waals surface area contributed by atoms with E-state index >= 15 is 0 Å². The minimum Gasteiger partial charge on any atom is -0.477 e. The van der Waals surface area contributed by atoms with E-state index in [0.29, 0.717) is 12.5 Å². The average molecular weight is 295 g/mol. The Morgan fingerprint density at radius 1 is 1.50 bits per heavy atom. The number of carboxylic acid groups (broad SMARTS) is 1. The molecule has 0 aliphatic rings. The molecule has 7 heteroatoms. The second kappa shape index (κ2) is 6.15. The number of nitrogens with one attached hydrogen (secondary N) is 1. The first-order chi connectivity index (χ1) is 9.47. The van der Waals surface area contributed by atoms with Gasteiger partial charge >= 0.3 is 5.97 Å². The molecular weight excluding hydrogens is 278 g/mol. The molecule has 2 aromatic heterocycles. The number of thiazole rings is 1. The van der Waals surface area contributed by atoms with Crippen LogP contribution in [-0.4, -0.2) is 21.2 Å². The predicted molar refractivity (Wildman–Crippen MR) is 74.9 cm³/mol. The number of carbonyl (C=O) groups is 1. The van der Waals surface area contributed by atoms with Gasteiger partial charge < -0.3 is 14.9 Å². The zero-order chi connectivity index (χ0) is 14.7. The lowest BCUT2D eigenvalue weighted by atomic mass is 10.1. The molecule has 2 aromatic rings. The zero-order valence-electron chi connectivity index (χ0n) is 11.6. The largest absolute Gasteiger partial charge is 0.477 e. The third-order valence-corrected chi connectivity index (χ3v) is 4.02. The van der Waals surface area contributed by atoms with E-state index in [1.54, 1.807) is 0 Å². The number of carboxylic acids is 1. The molecule has 2 rings (SSSR count). The molecular formula is C13H17N3O3S. The van der Waals surface area contributed by atoms with Crippen LogP contribution in [0.3, 0.4) is 0 Å². The standard InChI is InChI=1S/C13H17N3O3S/c1-7(2)10-4-9(19-16-10)5-14-8(3)12-15-6-11(20-12)13(17)18/h4,6-8,14H,5H2,1-3H3,(H,17,18). The Labute approximate surface area is 120 Å². The molecule has 6 nitrogen and oxygen atoms in total. The lowest BCUT2D eigenvalue weighted by Crippen LogP contribution is -2.17. The molecule has 0 spiro atoms. The molecule has 0 saturated carbocycles. The van der Waals surface area contributed by atoms with Crippen LogP contribution in [0.5, 0.6) is 0 Å². The van der Waals surface area contributed by atoms with Gasteiger partial charge in [-0.2, -0.15) is 0 Å². The van der Waals surface area contributed by atoms with E-state index < -0.39 is 5.97 Å². The van der Waals surface area contributed by atoms with Crippen LogP contribution in [0, 0.1) is 0 Å². The van der Waals surface area contributed by atoms with Crippen LogP contribution < -0.4 is 5.32 Å². The lowest BCUT2D eigenvalue weighted by Gasteiger charge is -2.08. The van der Waals surface area contributed by atoms with Gasteiger partial charge in [-0.05, 0) is 12.8 Å². The SMILES string of the molecule is CC(C)c1cc(CNC(C)c2ncc(C(=O)O)s2)on1. The molecule has 0 saturated heterocycles. The Hall–Kier alpha value is -1.73. The molecule has 0 aliphatic heterocycles. The highest BCUT2D eigenvalue weighted by Crippen LogP contribution is 2.20. The van der Waals surface area contributed by atoms with Crippen LogP contribution in [-0.2, 0) is 6.54 Å². The highest BCUT2D eigenvalue weighted by atomic mass is 32.1. The van der Waals surface area contributed by atoms with E-state index in [9.17, 15) is 4.79 Å². The molecule has 0 radical (unpaired) electrons. The first-order valence-electron chi connectivity index (χ1n) is 6.35. The maximum atomic E-state index is 10.8. The molecule has 0 amide bonds. The molecule has 0 aromatic carbocycles. The number of nitrogens with zero attached hydrogens (tertiary/aromatic N) is 2. The molecule has 0 fully saturated rings. The fraction of sp³-hybridized carbons (Fsp3) is 0.462. The number of rotatable bonds is 6. The van der Waals surface area contributed by atoms with Crippen molar-refractivity contribution in [3.05, 3.63) is 33.6 Å². The van der Waals surface area contributed by atoms with Gasteiger partial charge in [0.1, 0.15) is 9.88 Å². The topological polar surface area (TPSA) is 88.2 Å². The minimum atomic E-state index is -0.947. The van der Waals surface area contributed by atoms with Crippen LogP contribution in [0.15, 0.2) is 16.8 Å². The van der Waals surface area contributed by atoms with Gasteiger partial charge in [0.15, 0.2) is 5.76 Å². The van der Waals surface area contributed by atoms with E-state index in [-0.39, 0.29) is 10.9 Å². The van der Waals surface area contributed by atoms with Gasteiger partial charge in [-0.15, -0.1) is 11.3 Å². The maximum Gasteiger partial charge on any atom is 0.347 e. The summed E-state index contributed by atoms with van der Waals surface area (Å²) in [6.45, 7) is 6.58. The van der Waals surface area contributed by atoms with Crippen molar-refractivity contribution in [3.63, 3.8) is 0 Å². The van der Waals surface area contributed by atoms with Gasteiger partial charge in [0.25, 0.3) is 0 Å². The monoisotopic (exact) mass is 295 g/mol. The lowest BCUT2D eigenvalue weighted by molar-refractivity contribution is 0.0702. The van der Waals surface area contributed by atoms with Gasteiger partial charge in [-0.3, -0.25) is 0 Å². The van der Waals surface area contributed by atoms with Crippen LogP contribution >= 0.6 is 11.3 Å². The van der Waals surface area contributed by atoms with Gasteiger partial charge in [0, 0.05) is 6.07 Å². The van der Waals surface area contributed by atoms with Crippen molar-refractivity contribution >= 4 is 17.3 Å².